The molecule has 1 aliphatic rings. The Morgan fingerprint density at radius 3 is 2.39 bits per heavy atom. The number of oxazole rings is 1. The molecule has 11 heteroatoms. The van der Waals surface area contributed by atoms with Crippen molar-refractivity contribution >= 4 is 23.8 Å². The highest BCUT2D eigenvalue weighted by atomic mass is 16.6. The fourth-order valence-corrected chi connectivity index (χ4v) is 4.89. The van der Waals surface area contributed by atoms with Gasteiger partial charge in [0.05, 0.1) is 25.4 Å². The maximum atomic E-state index is 13.7. The third-order valence-corrected chi connectivity index (χ3v) is 6.66. The van der Waals surface area contributed by atoms with Gasteiger partial charge in [0.2, 0.25) is 18.1 Å². The van der Waals surface area contributed by atoms with E-state index in [0.717, 1.165) is 31.4 Å². The Kier molecular flexibility index (Phi) is 9.73. The topological polar surface area (TPSA) is 137 Å². The lowest BCUT2D eigenvalue weighted by atomic mass is 10.0. The van der Waals surface area contributed by atoms with Gasteiger partial charge in [0.1, 0.15) is 12.0 Å². The second kappa shape index (κ2) is 13.6. The maximum Gasteiger partial charge on any atom is 0.303 e. The minimum atomic E-state index is -1.72. The van der Waals surface area contributed by atoms with E-state index < -0.39 is 36.0 Å². The van der Waals surface area contributed by atoms with Crippen LogP contribution in [0.3, 0.4) is 0 Å². The third-order valence-electron chi connectivity index (χ3n) is 6.66. The number of methoxy groups -OCH3 is 1. The van der Waals surface area contributed by atoms with Gasteiger partial charge < -0.3 is 28.8 Å². The van der Waals surface area contributed by atoms with Crippen LogP contribution >= 0.6 is 0 Å². The van der Waals surface area contributed by atoms with Crippen LogP contribution in [-0.4, -0.2) is 59.5 Å². The van der Waals surface area contributed by atoms with Gasteiger partial charge in [0.25, 0.3) is 11.8 Å². The second-order valence-corrected chi connectivity index (χ2v) is 9.60. The van der Waals surface area contributed by atoms with Crippen LogP contribution in [0.25, 0.3) is 0 Å². The fraction of sp³-hybridized carbons (Fsp3) is 0.367. The first-order valence-corrected chi connectivity index (χ1v) is 13.3. The van der Waals surface area contributed by atoms with Crippen molar-refractivity contribution in [3.05, 3.63) is 83.6 Å². The van der Waals surface area contributed by atoms with E-state index in [-0.39, 0.29) is 18.5 Å². The van der Waals surface area contributed by atoms with Gasteiger partial charge in [-0.15, -0.1) is 0 Å². The van der Waals surface area contributed by atoms with E-state index in [0.29, 0.717) is 30.8 Å². The van der Waals surface area contributed by atoms with Crippen LogP contribution in [-0.2, 0) is 41.6 Å². The summed E-state index contributed by atoms with van der Waals surface area (Å²) in [5.41, 5.74) is 2.44. The number of hydrogen-bond donors (Lipinski definition) is 1. The van der Waals surface area contributed by atoms with Crippen LogP contribution in [0.1, 0.15) is 55.4 Å². The van der Waals surface area contributed by atoms with Crippen LogP contribution in [0, 0.1) is 0 Å². The second-order valence-electron chi connectivity index (χ2n) is 9.60. The summed E-state index contributed by atoms with van der Waals surface area (Å²) in [7, 11) is 1.58. The number of esters is 2. The Hall–Kier alpha value is -4.67. The van der Waals surface area contributed by atoms with E-state index >= 15 is 0 Å². The molecule has 0 aliphatic carbocycles. The van der Waals surface area contributed by atoms with Crippen molar-refractivity contribution in [3.63, 3.8) is 0 Å². The molecule has 0 bridgehead atoms. The molecule has 1 aliphatic heterocycles. The van der Waals surface area contributed by atoms with Gasteiger partial charge in [-0.25, -0.2) is 4.98 Å². The summed E-state index contributed by atoms with van der Waals surface area (Å²) in [6.07, 6.45) is -0.0490. The first-order valence-electron chi connectivity index (χ1n) is 13.3. The average molecular weight is 564 g/mol. The van der Waals surface area contributed by atoms with Gasteiger partial charge in [-0.3, -0.25) is 19.2 Å². The van der Waals surface area contributed by atoms with Crippen molar-refractivity contribution in [2.45, 2.75) is 57.9 Å². The molecule has 41 heavy (non-hydrogen) atoms. The molecule has 0 spiro atoms. The number of hydrogen-bond acceptors (Lipinski definition) is 9. The summed E-state index contributed by atoms with van der Waals surface area (Å²) in [4.78, 5) is 57.0. The minimum absolute atomic E-state index is 0.153. The molecule has 2 amide bonds. The smallest absolute Gasteiger partial charge is 0.303 e. The number of para-hydroxylation sites is 1. The van der Waals surface area contributed by atoms with Crippen molar-refractivity contribution < 1.29 is 37.8 Å². The number of nitrogens with zero attached hydrogens (tertiary/aromatic N) is 2. The number of likely N-dealkylation sites (tertiary alicyclic amines) is 1. The van der Waals surface area contributed by atoms with E-state index in [2.05, 4.69) is 10.3 Å². The molecule has 1 fully saturated rings. The molecule has 3 atom stereocenters. The lowest BCUT2D eigenvalue weighted by Crippen LogP contribution is -2.53. The summed E-state index contributed by atoms with van der Waals surface area (Å²) >= 11 is 0. The van der Waals surface area contributed by atoms with E-state index in [9.17, 15) is 19.2 Å². The standard InChI is InChI=1S/C30H33N3O8/c1-19(34)40-27(28(41-20(2)35)30(37)33-15-9-13-24(33)21-10-5-4-6-11-21)29(36)31-17-26-32-23(18-39-26)16-22-12-7-8-14-25(22)38-3/h4-8,10-12,14,18,24,27-28H,9,13,15-17H2,1-3H3,(H,31,36)/t24?,27-,28-/m1/s1. The zero-order valence-electron chi connectivity index (χ0n) is 23.2. The highest BCUT2D eigenvalue weighted by Gasteiger charge is 2.44. The molecule has 2 heterocycles. The van der Waals surface area contributed by atoms with Gasteiger partial charge in [0.15, 0.2) is 0 Å². The predicted molar refractivity (Wildman–Crippen MR) is 145 cm³/mol. The molecule has 2 aromatic carbocycles. The Bertz CT molecular complexity index is 1370. The Labute approximate surface area is 237 Å². The monoisotopic (exact) mass is 563 g/mol. The molecule has 1 N–H and O–H groups in total. The summed E-state index contributed by atoms with van der Waals surface area (Å²) in [6, 6.07) is 16.7. The van der Waals surface area contributed by atoms with E-state index in [4.69, 9.17) is 18.6 Å². The van der Waals surface area contributed by atoms with Crippen LogP contribution < -0.4 is 10.1 Å². The van der Waals surface area contributed by atoms with Gasteiger partial charge in [-0.1, -0.05) is 48.5 Å². The summed E-state index contributed by atoms with van der Waals surface area (Å²) in [5.74, 6) is -2.15. The molecule has 4 rings (SSSR count). The van der Waals surface area contributed by atoms with E-state index in [1.807, 2.05) is 54.6 Å². The average Bonchev–Trinajstić information content (AvgIpc) is 3.64. The van der Waals surface area contributed by atoms with Crippen LogP contribution in [0.15, 0.2) is 65.3 Å². The molecular formula is C30H33N3O8. The Balaban J connectivity index is 1.49. The van der Waals surface area contributed by atoms with Gasteiger partial charge in [0, 0.05) is 32.4 Å². The molecule has 3 aromatic rings. The minimum Gasteiger partial charge on any atom is -0.496 e. The normalized spacial score (nSPS) is 16.0. The molecular weight excluding hydrogens is 530 g/mol. The Morgan fingerprint density at radius 2 is 1.68 bits per heavy atom. The van der Waals surface area contributed by atoms with Crippen molar-refractivity contribution in [3.8, 4) is 5.75 Å². The molecule has 1 saturated heterocycles. The largest absolute Gasteiger partial charge is 0.496 e. The first kappa shape index (κ1) is 29.3. The highest BCUT2D eigenvalue weighted by molar-refractivity contribution is 5.93. The van der Waals surface area contributed by atoms with Crippen LogP contribution in [0.4, 0.5) is 0 Å². The number of benzene rings is 2. The number of rotatable bonds is 11. The fourth-order valence-electron chi connectivity index (χ4n) is 4.89. The number of carbonyl (C=O) groups is 4. The molecule has 216 valence electrons. The SMILES string of the molecule is COc1ccccc1Cc1coc(CNC(=O)[C@H](OC(C)=O)[C@@H](OC(C)=O)C(=O)N2CCCC2c2ccccc2)n1. The van der Waals surface area contributed by atoms with Gasteiger partial charge >= 0.3 is 11.9 Å². The van der Waals surface area contributed by atoms with Crippen molar-refractivity contribution in [1.82, 2.24) is 15.2 Å². The number of ether oxygens (including phenoxy) is 3. The zero-order valence-corrected chi connectivity index (χ0v) is 23.2. The van der Waals surface area contributed by atoms with E-state index in [1.165, 1.54) is 6.26 Å². The van der Waals surface area contributed by atoms with Crippen molar-refractivity contribution in [2.75, 3.05) is 13.7 Å². The van der Waals surface area contributed by atoms with Gasteiger partial charge in [-0.2, -0.15) is 0 Å². The number of aromatic nitrogens is 1. The quantitative estimate of drug-likeness (QED) is 0.349. The number of nitrogens with one attached hydrogen (secondary N) is 1. The van der Waals surface area contributed by atoms with Crippen LogP contribution in [0.2, 0.25) is 0 Å². The molecule has 1 aromatic heterocycles. The highest BCUT2D eigenvalue weighted by Crippen LogP contribution is 2.33. The lowest BCUT2D eigenvalue weighted by molar-refractivity contribution is -0.178. The molecule has 0 radical (unpaired) electrons. The van der Waals surface area contributed by atoms with Crippen molar-refractivity contribution in [1.29, 1.82) is 0 Å². The summed E-state index contributed by atoms with van der Waals surface area (Å²) in [6.45, 7) is 2.48. The molecule has 0 saturated carbocycles. The first-order chi connectivity index (χ1) is 19.8. The van der Waals surface area contributed by atoms with E-state index in [1.54, 1.807) is 12.0 Å². The molecule has 11 nitrogen and oxygen atoms in total. The summed E-state index contributed by atoms with van der Waals surface area (Å²) < 4.78 is 21.5. The number of amides is 2. The van der Waals surface area contributed by atoms with Crippen LogP contribution in [0.5, 0.6) is 5.75 Å². The summed E-state index contributed by atoms with van der Waals surface area (Å²) in [5, 5.41) is 2.59. The van der Waals surface area contributed by atoms with Crippen molar-refractivity contribution in [2.24, 2.45) is 0 Å². The Morgan fingerprint density at radius 1 is 1.00 bits per heavy atom. The third kappa shape index (κ3) is 7.50. The zero-order chi connectivity index (χ0) is 29.4. The molecule has 1 unspecified atom stereocenters. The number of carbonyl (C=O) groups excluding carboxylic acids is 4. The maximum absolute atomic E-state index is 13.7. The predicted octanol–water partition coefficient (Wildman–Crippen LogP) is 3.12. The van der Waals surface area contributed by atoms with Gasteiger partial charge in [-0.05, 0) is 24.5 Å². The lowest BCUT2D eigenvalue weighted by Gasteiger charge is -2.31.